The summed E-state index contributed by atoms with van der Waals surface area (Å²) in [5.74, 6) is 0.209. The summed E-state index contributed by atoms with van der Waals surface area (Å²) in [6.45, 7) is 0. The van der Waals surface area contributed by atoms with Gasteiger partial charge in [0.05, 0.1) is 22.3 Å². The highest BCUT2D eigenvalue weighted by atomic mass is 32.2. The highest BCUT2D eigenvalue weighted by Crippen LogP contribution is 2.34. The number of hydrogen-bond acceptors (Lipinski definition) is 6. The van der Waals surface area contributed by atoms with Crippen LogP contribution in [-0.2, 0) is 10.0 Å². The van der Waals surface area contributed by atoms with E-state index in [2.05, 4.69) is 25.6 Å². The maximum atomic E-state index is 12.0. The van der Waals surface area contributed by atoms with Gasteiger partial charge in [-0.05, 0) is 28.6 Å². The average Bonchev–Trinajstić information content (AvgIpc) is 3.23. The molecule has 3 N–H and O–H groups in total. The van der Waals surface area contributed by atoms with Crippen LogP contribution in [0.1, 0.15) is 0 Å². The van der Waals surface area contributed by atoms with Gasteiger partial charge < -0.3 is 0 Å². The van der Waals surface area contributed by atoms with Gasteiger partial charge >= 0.3 is 0 Å². The molecule has 10 heteroatoms. The van der Waals surface area contributed by atoms with Crippen molar-refractivity contribution in [3.63, 3.8) is 0 Å². The van der Waals surface area contributed by atoms with E-state index >= 15 is 0 Å². The molecule has 120 valence electrons. The molecular formula is C14H11N7O2S. The summed E-state index contributed by atoms with van der Waals surface area (Å²) in [5, 5.41) is 18.9. The first-order valence-electron chi connectivity index (χ1n) is 6.88. The van der Waals surface area contributed by atoms with E-state index in [9.17, 15) is 8.42 Å². The van der Waals surface area contributed by atoms with E-state index in [1.54, 1.807) is 18.3 Å². The Bertz CT molecular complexity index is 1130. The van der Waals surface area contributed by atoms with Crippen LogP contribution >= 0.6 is 0 Å². The van der Waals surface area contributed by atoms with Gasteiger partial charge in [-0.25, -0.2) is 23.6 Å². The number of benzene rings is 1. The molecule has 0 saturated heterocycles. The van der Waals surface area contributed by atoms with E-state index in [-0.39, 0.29) is 10.7 Å². The van der Waals surface area contributed by atoms with Crippen molar-refractivity contribution >= 4 is 15.7 Å². The molecule has 0 aliphatic carbocycles. The minimum atomic E-state index is -3.97. The van der Waals surface area contributed by atoms with Crippen LogP contribution in [0.2, 0.25) is 0 Å². The molecule has 0 radical (unpaired) electrons. The maximum absolute atomic E-state index is 12.0. The molecule has 0 bridgehead atoms. The van der Waals surface area contributed by atoms with Crippen LogP contribution in [0.3, 0.4) is 0 Å². The minimum absolute atomic E-state index is 0.0653. The van der Waals surface area contributed by atoms with Gasteiger partial charge in [0.25, 0.3) is 0 Å². The lowest BCUT2D eigenvalue weighted by Crippen LogP contribution is -2.14. The number of sulfonamides is 1. The van der Waals surface area contributed by atoms with Crippen molar-refractivity contribution < 1.29 is 8.42 Å². The van der Waals surface area contributed by atoms with Gasteiger partial charge in [-0.2, -0.15) is 0 Å². The molecule has 0 spiro atoms. The maximum Gasteiger partial charge on any atom is 0.238 e. The molecule has 0 fully saturated rings. The van der Waals surface area contributed by atoms with Gasteiger partial charge in [0.2, 0.25) is 10.0 Å². The van der Waals surface area contributed by atoms with Crippen molar-refractivity contribution in [1.82, 2.24) is 30.0 Å². The zero-order valence-corrected chi connectivity index (χ0v) is 13.0. The smallest absolute Gasteiger partial charge is 0.238 e. The number of nitrogens with one attached hydrogen (secondary N) is 1. The summed E-state index contributed by atoms with van der Waals surface area (Å²) in [6.07, 6.45) is 3.49. The van der Waals surface area contributed by atoms with Crippen molar-refractivity contribution in [1.29, 1.82) is 0 Å². The van der Waals surface area contributed by atoms with Gasteiger partial charge in [-0.3, -0.25) is 4.40 Å². The topological polar surface area (TPSA) is 132 Å². The summed E-state index contributed by atoms with van der Waals surface area (Å²) in [6, 6.07) is 10.4. The lowest BCUT2D eigenvalue weighted by atomic mass is 10.0. The fourth-order valence-corrected chi connectivity index (χ4v) is 3.38. The second kappa shape index (κ2) is 5.22. The fraction of sp³-hybridized carbons (Fsp3) is 0. The van der Waals surface area contributed by atoms with Crippen LogP contribution in [0.25, 0.3) is 28.3 Å². The molecule has 0 amide bonds. The number of H-pyrrole nitrogens is 1. The standard InChI is InChI=1S/C14H11N7O2S/c15-24(22,23)11-5-3-4-9(13(11)14-17-19-20-18-14)10-8-16-12-6-1-2-7-21(10)12/h1-8H,(H2,15,22,23)(H,17,18,19,20). The monoisotopic (exact) mass is 341 g/mol. The molecule has 9 nitrogen and oxygen atoms in total. The number of hydrogen-bond donors (Lipinski definition) is 2. The van der Waals surface area contributed by atoms with Crippen LogP contribution in [0.15, 0.2) is 53.7 Å². The third-order valence-corrected chi connectivity index (χ3v) is 4.56. The summed E-state index contributed by atoms with van der Waals surface area (Å²) in [5.41, 5.74) is 2.33. The molecule has 0 saturated carbocycles. The Kier molecular flexibility index (Phi) is 3.15. The van der Waals surface area contributed by atoms with Gasteiger partial charge in [0.1, 0.15) is 5.65 Å². The van der Waals surface area contributed by atoms with Gasteiger partial charge in [-0.15, -0.1) is 5.10 Å². The summed E-state index contributed by atoms with van der Waals surface area (Å²) >= 11 is 0. The predicted molar refractivity (Wildman–Crippen MR) is 85.2 cm³/mol. The second-order valence-electron chi connectivity index (χ2n) is 5.05. The molecule has 0 aliphatic heterocycles. The lowest BCUT2D eigenvalue weighted by Gasteiger charge is -2.11. The van der Waals surface area contributed by atoms with Gasteiger partial charge in [0.15, 0.2) is 5.82 Å². The number of imidazole rings is 1. The lowest BCUT2D eigenvalue weighted by molar-refractivity contribution is 0.598. The number of aromatic amines is 1. The Labute approximate surface area is 136 Å². The van der Waals surface area contributed by atoms with Crippen LogP contribution in [0, 0.1) is 0 Å². The number of aromatic nitrogens is 6. The zero-order chi connectivity index (χ0) is 16.7. The number of pyridine rings is 1. The zero-order valence-electron chi connectivity index (χ0n) is 12.2. The number of rotatable bonds is 3. The van der Waals surface area contributed by atoms with Gasteiger partial charge in [-0.1, -0.05) is 18.2 Å². The molecule has 0 unspecified atom stereocenters. The Morgan fingerprint density at radius 3 is 2.75 bits per heavy atom. The van der Waals surface area contributed by atoms with Crippen molar-refractivity contribution in [3.05, 3.63) is 48.8 Å². The SMILES string of the molecule is NS(=O)(=O)c1cccc(-c2cnc3ccccn23)c1-c1nnn[nH]1. The Morgan fingerprint density at radius 2 is 2.00 bits per heavy atom. The number of nitrogens with two attached hydrogens (primary N) is 1. The number of fused-ring (bicyclic) bond motifs is 1. The molecule has 4 rings (SSSR count). The molecule has 0 atom stereocenters. The minimum Gasteiger partial charge on any atom is -0.300 e. The highest BCUT2D eigenvalue weighted by Gasteiger charge is 2.23. The van der Waals surface area contributed by atoms with Crippen molar-refractivity contribution in [3.8, 4) is 22.6 Å². The van der Waals surface area contributed by atoms with E-state index in [4.69, 9.17) is 5.14 Å². The Hall–Kier alpha value is -3.11. The summed E-state index contributed by atoms with van der Waals surface area (Å²) in [4.78, 5) is 4.26. The first-order valence-corrected chi connectivity index (χ1v) is 8.43. The number of nitrogens with zero attached hydrogens (tertiary/aromatic N) is 5. The van der Waals surface area contributed by atoms with Crippen LogP contribution < -0.4 is 5.14 Å². The van der Waals surface area contributed by atoms with E-state index < -0.39 is 10.0 Å². The Balaban J connectivity index is 2.10. The summed E-state index contributed by atoms with van der Waals surface area (Å²) < 4.78 is 25.9. The average molecular weight is 341 g/mol. The van der Waals surface area contributed by atoms with Crippen LogP contribution in [0.4, 0.5) is 0 Å². The quantitative estimate of drug-likeness (QED) is 0.567. The van der Waals surface area contributed by atoms with Crippen molar-refractivity contribution in [2.24, 2.45) is 5.14 Å². The molecule has 4 aromatic rings. The molecule has 3 aromatic heterocycles. The molecule has 3 heterocycles. The third-order valence-electron chi connectivity index (χ3n) is 3.61. The van der Waals surface area contributed by atoms with Crippen LogP contribution in [0.5, 0.6) is 0 Å². The van der Waals surface area contributed by atoms with E-state index in [0.29, 0.717) is 16.8 Å². The molecular weight excluding hydrogens is 330 g/mol. The molecule has 0 aliphatic rings. The highest BCUT2D eigenvalue weighted by molar-refractivity contribution is 7.89. The predicted octanol–water partition coefficient (Wildman–Crippen LogP) is 0.829. The normalized spacial score (nSPS) is 11.9. The van der Waals surface area contributed by atoms with E-state index in [0.717, 1.165) is 5.65 Å². The Morgan fingerprint density at radius 1 is 1.12 bits per heavy atom. The van der Waals surface area contributed by atoms with E-state index in [1.807, 2.05) is 28.8 Å². The summed E-state index contributed by atoms with van der Waals surface area (Å²) in [7, 11) is -3.97. The van der Waals surface area contributed by atoms with Crippen molar-refractivity contribution in [2.75, 3.05) is 0 Å². The number of primary sulfonamides is 1. The first-order chi connectivity index (χ1) is 11.6. The first kappa shape index (κ1) is 14.5. The van der Waals surface area contributed by atoms with Gasteiger partial charge in [0, 0.05) is 11.8 Å². The second-order valence-corrected chi connectivity index (χ2v) is 6.58. The van der Waals surface area contributed by atoms with Crippen LogP contribution in [-0.4, -0.2) is 38.4 Å². The third kappa shape index (κ3) is 2.25. The molecule has 1 aromatic carbocycles. The largest absolute Gasteiger partial charge is 0.300 e. The number of tetrazole rings is 1. The van der Waals surface area contributed by atoms with Crippen molar-refractivity contribution in [2.45, 2.75) is 4.90 Å². The fourth-order valence-electron chi connectivity index (χ4n) is 2.62. The van der Waals surface area contributed by atoms with E-state index in [1.165, 1.54) is 6.07 Å². The molecule has 24 heavy (non-hydrogen) atoms.